The Bertz CT molecular complexity index is 1540. The summed E-state index contributed by atoms with van der Waals surface area (Å²) in [6.45, 7) is 1.78. The van der Waals surface area contributed by atoms with Crippen LogP contribution in [-0.4, -0.2) is 33.0 Å². The van der Waals surface area contributed by atoms with E-state index in [1.165, 1.54) is 36.5 Å². The Hall–Kier alpha value is -4.69. The van der Waals surface area contributed by atoms with Crippen molar-refractivity contribution in [3.05, 3.63) is 111 Å². The van der Waals surface area contributed by atoms with E-state index in [0.29, 0.717) is 16.7 Å². The first-order valence-electron chi connectivity index (χ1n) is 11.2. The van der Waals surface area contributed by atoms with Crippen molar-refractivity contribution in [2.45, 2.75) is 13.5 Å². The highest BCUT2D eigenvalue weighted by Gasteiger charge is 2.20. The largest absolute Gasteiger partial charge is 0.508 e. The number of carboxylic acid groups (broad SMARTS) is 1. The number of carbonyl (C=O) groups is 3. The van der Waals surface area contributed by atoms with Crippen LogP contribution >= 0.6 is 11.6 Å². The summed E-state index contributed by atoms with van der Waals surface area (Å²) in [5, 5.41) is 25.2. The summed E-state index contributed by atoms with van der Waals surface area (Å²) in [5.41, 5.74) is 2.29. The highest BCUT2D eigenvalue weighted by Crippen LogP contribution is 2.23. The molecule has 1 aromatic heterocycles. The maximum Gasteiger partial charge on any atom is 0.352 e. The van der Waals surface area contributed by atoms with E-state index in [1.54, 1.807) is 25.1 Å². The summed E-state index contributed by atoms with van der Waals surface area (Å²) in [4.78, 5) is 41.8. The van der Waals surface area contributed by atoms with Crippen molar-refractivity contribution in [1.82, 2.24) is 15.6 Å². The third-order valence-corrected chi connectivity index (χ3v) is 5.84. The molecule has 186 valence electrons. The minimum Gasteiger partial charge on any atom is -0.508 e. The summed E-state index contributed by atoms with van der Waals surface area (Å²) in [5.74, 6) is -2.39. The molecule has 0 fully saturated rings. The number of phenolic OH excluding ortho intramolecular Hbond substituents is 1. The lowest BCUT2D eigenvalue weighted by Gasteiger charge is -2.13. The number of nitrogens with zero attached hydrogens (tertiary/aromatic N) is 1. The number of carboxylic acids is 1. The quantitative estimate of drug-likeness (QED) is 0.264. The number of amides is 2. The zero-order valence-corrected chi connectivity index (χ0v) is 20.4. The first-order chi connectivity index (χ1) is 17.7. The molecule has 4 aromatic rings. The summed E-state index contributed by atoms with van der Waals surface area (Å²) < 4.78 is 0. The molecule has 2 amide bonds. The molecule has 0 aliphatic heterocycles. The number of halogens is 1. The second-order valence-electron chi connectivity index (χ2n) is 8.28. The van der Waals surface area contributed by atoms with Crippen molar-refractivity contribution in [3.63, 3.8) is 0 Å². The zero-order valence-electron chi connectivity index (χ0n) is 19.7. The number of fused-ring (bicyclic) bond motifs is 1. The predicted octanol–water partition coefficient (Wildman–Crippen LogP) is 4.69. The van der Waals surface area contributed by atoms with Crippen LogP contribution < -0.4 is 10.6 Å². The average molecular weight is 516 g/mol. The molecule has 9 heteroatoms. The van der Waals surface area contributed by atoms with Gasteiger partial charge in [-0.15, -0.1) is 0 Å². The Morgan fingerprint density at radius 1 is 1.00 bits per heavy atom. The Labute approximate surface area is 217 Å². The van der Waals surface area contributed by atoms with Gasteiger partial charge in [0.05, 0.1) is 16.1 Å². The topological polar surface area (TPSA) is 129 Å². The van der Waals surface area contributed by atoms with Gasteiger partial charge in [0.25, 0.3) is 11.8 Å². The molecule has 37 heavy (non-hydrogen) atoms. The lowest BCUT2D eigenvalue weighted by molar-refractivity contribution is -0.132. The molecule has 8 nitrogen and oxygen atoms in total. The fourth-order valence-corrected chi connectivity index (χ4v) is 4.14. The molecule has 0 aliphatic rings. The number of para-hydroxylation sites is 1. The number of aliphatic carboxylic acids is 1. The monoisotopic (exact) mass is 515 g/mol. The second-order valence-corrected chi connectivity index (χ2v) is 8.69. The van der Waals surface area contributed by atoms with Gasteiger partial charge in [0.1, 0.15) is 11.4 Å². The molecule has 0 saturated heterocycles. The zero-order chi connectivity index (χ0) is 26.5. The van der Waals surface area contributed by atoms with Crippen molar-refractivity contribution < 1.29 is 24.6 Å². The molecule has 4 N–H and O–H groups in total. The van der Waals surface area contributed by atoms with E-state index >= 15 is 0 Å². The van der Waals surface area contributed by atoms with Gasteiger partial charge in [-0.1, -0.05) is 41.9 Å². The molecule has 4 rings (SSSR count). The molecule has 0 aliphatic carbocycles. The molecule has 0 atom stereocenters. The van der Waals surface area contributed by atoms with Crippen LogP contribution in [0.1, 0.15) is 37.4 Å². The third-order valence-electron chi connectivity index (χ3n) is 5.54. The maximum atomic E-state index is 13.0. The van der Waals surface area contributed by atoms with Crippen molar-refractivity contribution in [1.29, 1.82) is 0 Å². The lowest BCUT2D eigenvalue weighted by Crippen LogP contribution is -2.28. The van der Waals surface area contributed by atoms with Crippen LogP contribution in [0, 0.1) is 6.92 Å². The van der Waals surface area contributed by atoms with E-state index in [2.05, 4.69) is 15.6 Å². The molecule has 0 unspecified atom stereocenters. The highest BCUT2D eigenvalue weighted by molar-refractivity contribution is 6.34. The number of pyridine rings is 1. The van der Waals surface area contributed by atoms with Gasteiger partial charge in [0.2, 0.25) is 0 Å². The highest BCUT2D eigenvalue weighted by atomic mass is 35.5. The van der Waals surface area contributed by atoms with E-state index in [1.807, 2.05) is 24.3 Å². The Kier molecular flexibility index (Phi) is 7.50. The fraction of sp³-hybridized carbons (Fsp3) is 0.0714. The van der Waals surface area contributed by atoms with Gasteiger partial charge in [-0.05, 0) is 66.1 Å². The predicted molar refractivity (Wildman–Crippen MR) is 140 cm³/mol. The fourth-order valence-electron chi connectivity index (χ4n) is 3.78. The van der Waals surface area contributed by atoms with Gasteiger partial charge >= 0.3 is 5.97 Å². The Morgan fingerprint density at radius 2 is 1.78 bits per heavy atom. The minimum absolute atomic E-state index is 0.00267. The number of hydrogen-bond acceptors (Lipinski definition) is 5. The first-order valence-corrected chi connectivity index (χ1v) is 11.6. The van der Waals surface area contributed by atoms with Crippen molar-refractivity contribution in [2.24, 2.45) is 0 Å². The molecule has 0 spiro atoms. The van der Waals surface area contributed by atoms with Gasteiger partial charge in [0.15, 0.2) is 0 Å². The Balaban J connectivity index is 1.52. The van der Waals surface area contributed by atoms with Crippen molar-refractivity contribution >= 4 is 46.4 Å². The van der Waals surface area contributed by atoms with E-state index in [9.17, 15) is 24.6 Å². The normalized spacial score (nSPS) is 11.2. The van der Waals surface area contributed by atoms with Crippen molar-refractivity contribution in [3.8, 4) is 5.75 Å². The van der Waals surface area contributed by atoms with E-state index in [0.717, 1.165) is 10.9 Å². The minimum atomic E-state index is -1.33. The van der Waals surface area contributed by atoms with Crippen LogP contribution in [0.2, 0.25) is 5.02 Å². The molecule has 3 aromatic carbocycles. The standard InChI is InChI=1S/C28H22ClN3O5/c1-16-9-20(26(34)31-14-17-5-4-7-21(33)11-17)13-22(29)25(16)27(35)32-24(28(36)37)12-18-10-19-6-2-3-8-23(19)30-15-18/h2-13,15,33H,14H2,1H3,(H,31,34)(H,32,35)(H,36,37). The van der Waals surface area contributed by atoms with Gasteiger partial charge in [-0.3, -0.25) is 14.6 Å². The maximum absolute atomic E-state index is 13.0. The van der Waals surface area contributed by atoms with Gasteiger partial charge in [0, 0.05) is 23.7 Å². The summed E-state index contributed by atoms with van der Waals surface area (Å²) in [6, 6.07) is 18.5. The lowest BCUT2D eigenvalue weighted by atomic mass is 10.0. The number of aryl methyl sites for hydroxylation is 1. The molecule has 0 saturated carbocycles. The smallest absolute Gasteiger partial charge is 0.352 e. The first kappa shape index (κ1) is 25.4. The molecule has 0 radical (unpaired) electrons. The molecular formula is C28H22ClN3O5. The third kappa shape index (κ3) is 6.12. The van der Waals surface area contributed by atoms with E-state index in [-0.39, 0.29) is 34.1 Å². The van der Waals surface area contributed by atoms with Crippen LogP contribution in [0.4, 0.5) is 0 Å². The van der Waals surface area contributed by atoms with Crippen molar-refractivity contribution in [2.75, 3.05) is 0 Å². The SMILES string of the molecule is Cc1cc(C(=O)NCc2cccc(O)c2)cc(Cl)c1C(=O)NC(=Cc1cnc2ccccc2c1)C(=O)O. The second kappa shape index (κ2) is 10.9. The van der Waals surface area contributed by atoms with Crippen LogP contribution in [-0.2, 0) is 11.3 Å². The van der Waals surface area contributed by atoms with Gasteiger partial charge in [-0.25, -0.2) is 4.79 Å². The molecule has 0 bridgehead atoms. The number of rotatable bonds is 7. The number of phenols is 1. The van der Waals surface area contributed by atoms with Crippen LogP contribution in [0.15, 0.2) is 78.6 Å². The van der Waals surface area contributed by atoms with Gasteiger partial charge in [-0.2, -0.15) is 0 Å². The number of benzene rings is 3. The van der Waals surface area contributed by atoms with Crippen LogP contribution in [0.25, 0.3) is 17.0 Å². The Morgan fingerprint density at radius 3 is 2.51 bits per heavy atom. The van der Waals surface area contributed by atoms with E-state index in [4.69, 9.17) is 11.6 Å². The van der Waals surface area contributed by atoms with E-state index < -0.39 is 17.8 Å². The van der Waals surface area contributed by atoms with Crippen LogP contribution in [0.3, 0.4) is 0 Å². The van der Waals surface area contributed by atoms with Gasteiger partial charge < -0.3 is 20.8 Å². The summed E-state index contributed by atoms with van der Waals surface area (Å²) >= 11 is 6.35. The molecule has 1 heterocycles. The number of aromatic nitrogens is 1. The molecular weight excluding hydrogens is 494 g/mol. The van der Waals surface area contributed by atoms with Crippen LogP contribution in [0.5, 0.6) is 5.75 Å². The number of nitrogens with one attached hydrogen (secondary N) is 2. The summed E-state index contributed by atoms with van der Waals surface area (Å²) in [7, 11) is 0. The number of hydrogen-bond donors (Lipinski definition) is 4. The summed E-state index contributed by atoms with van der Waals surface area (Å²) in [6.07, 6.45) is 2.83. The average Bonchev–Trinajstić information content (AvgIpc) is 2.86. The number of aromatic hydroxyl groups is 1. The number of carbonyl (C=O) groups excluding carboxylic acids is 2.